The number of nitrogens with zero attached hydrogens (tertiary/aromatic N) is 2. The highest BCUT2D eigenvalue weighted by Gasteiger charge is 2.26. The molecular weight excluding hydrogens is 268 g/mol. The lowest BCUT2D eigenvalue weighted by Crippen LogP contribution is -2.49. The molecule has 2 aliphatic rings. The van der Waals surface area contributed by atoms with Crippen LogP contribution in [0.25, 0.3) is 0 Å². The zero-order chi connectivity index (χ0) is 14.7. The monoisotopic (exact) mass is 292 g/mol. The number of esters is 1. The van der Waals surface area contributed by atoms with Crippen molar-refractivity contribution in [3.05, 3.63) is 23.7 Å². The topological polar surface area (TPSA) is 45.9 Å². The third-order valence-corrected chi connectivity index (χ3v) is 4.68. The Kier molecular flexibility index (Phi) is 4.60. The van der Waals surface area contributed by atoms with Crippen molar-refractivity contribution in [1.82, 2.24) is 9.80 Å². The Morgan fingerprint density at radius 1 is 1.24 bits per heavy atom. The van der Waals surface area contributed by atoms with Gasteiger partial charge in [-0.05, 0) is 25.0 Å². The lowest BCUT2D eigenvalue weighted by atomic mass is 10.2. The van der Waals surface area contributed by atoms with Gasteiger partial charge in [-0.3, -0.25) is 9.80 Å². The molecule has 2 fully saturated rings. The van der Waals surface area contributed by atoms with Gasteiger partial charge in [0.05, 0.1) is 13.7 Å². The number of furan rings is 1. The smallest absolute Gasteiger partial charge is 0.373 e. The second kappa shape index (κ2) is 6.62. The Bertz CT molecular complexity index is 472. The number of ether oxygens (including phenoxy) is 1. The van der Waals surface area contributed by atoms with E-state index in [1.807, 2.05) is 6.07 Å². The van der Waals surface area contributed by atoms with E-state index in [-0.39, 0.29) is 5.76 Å². The van der Waals surface area contributed by atoms with Crippen LogP contribution >= 0.6 is 0 Å². The van der Waals surface area contributed by atoms with E-state index in [0.717, 1.165) is 44.5 Å². The molecule has 1 aliphatic heterocycles. The highest BCUT2D eigenvalue weighted by atomic mass is 16.5. The van der Waals surface area contributed by atoms with Crippen molar-refractivity contribution in [3.63, 3.8) is 0 Å². The molecule has 2 heterocycles. The van der Waals surface area contributed by atoms with Gasteiger partial charge in [0, 0.05) is 32.2 Å². The Morgan fingerprint density at radius 3 is 2.62 bits per heavy atom. The van der Waals surface area contributed by atoms with E-state index < -0.39 is 5.97 Å². The Morgan fingerprint density at radius 2 is 1.95 bits per heavy atom. The molecule has 0 N–H and O–H groups in total. The molecule has 21 heavy (non-hydrogen) atoms. The van der Waals surface area contributed by atoms with Gasteiger partial charge in [0.2, 0.25) is 5.76 Å². The first kappa shape index (κ1) is 14.6. The van der Waals surface area contributed by atoms with Crippen LogP contribution in [0.2, 0.25) is 0 Å². The third-order valence-electron chi connectivity index (χ3n) is 4.68. The first-order valence-electron chi connectivity index (χ1n) is 7.89. The number of rotatable bonds is 4. The van der Waals surface area contributed by atoms with Gasteiger partial charge >= 0.3 is 5.97 Å². The summed E-state index contributed by atoms with van der Waals surface area (Å²) in [5, 5.41) is 0. The van der Waals surface area contributed by atoms with Gasteiger partial charge in [-0.15, -0.1) is 0 Å². The molecule has 1 saturated carbocycles. The van der Waals surface area contributed by atoms with Crippen LogP contribution in [0.4, 0.5) is 0 Å². The fraction of sp³-hybridized carbons (Fsp3) is 0.688. The summed E-state index contributed by atoms with van der Waals surface area (Å²) in [5.41, 5.74) is 0. The Balaban J connectivity index is 1.48. The van der Waals surface area contributed by atoms with Gasteiger partial charge in [0.1, 0.15) is 5.76 Å². The summed E-state index contributed by atoms with van der Waals surface area (Å²) in [6.45, 7) is 5.22. The third kappa shape index (κ3) is 3.47. The molecule has 0 radical (unpaired) electrons. The SMILES string of the molecule is COC(=O)c1ccc(CN2CCN(C3CCCC3)CC2)o1. The quantitative estimate of drug-likeness (QED) is 0.796. The minimum Gasteiger partial charge on any atom is -0.463 e. The first-order chi connectivity index (χ1) is 10.3. The predicted molar refractivity (Wildman–Crippen MR) is 79.2 cm³/mol. The maximum atomic E-state index is 11.4. The van der Waals surface area contributed by atoms with E-state index in [0.29, 0.717) is 0 Å². The average molecular weight is 292 g/mol. The summed E-state index contributed by atoms with van der Waals surface area (Å²) >= 11 is 0. The second-order valence-corrected chi connectivity index (χ2v) is 6.01. The van der Waals surface area contributed by atoms with Crippen LogP contribution in [0.3, 0.4) is 0 Å². The molecule has 5 nitrogen and oxygen atoms in total. The van der Waals surface area contributed by atoms with Gasteiger partial charge in [-0.2, -0.15) is 0 Å². The zero-order valence-corrected chi connectivity index (χ0v) is 12.7. The number of methoxy groups -OCH3 is 1. The van der Waals surface area contributed by atoms with Crippen molar-refractivity contribution in [3.8, 4) is 0 Å². The maximum absolute atomic E-state index is 11.4. The van der Waals surface area contributed by atoms with Crippen molar-refractivity contribution in [2.75, 3.05) is 33.3 Å². The zero-order valence-electron chi connectivity index (χ0n) is 12.7. The van der Waals surface area contributed by atoms with E-state index in [2.05, 4.69) is 14.5 Å². The lowest BCUT2D eigenvalue weighted by molar-refractivity contribution is 0.0556. The normalized spacial score (nSPS) is 21.8. The van der Waals surface area contributed by atoms with Gasteiger partial charge in [-0.1, -0.05) is 12.8 Å². The van der Waals surface area contributed by atoms with Gasteiger partial charge in [-0.25, -0.2) is 4.79 Å². The van der Waals surface area contributed by atoms with Crippen molar-refractivity contribution in [1.29, 1.82) is 0 Å². The summed E-state index contributed by atoms with van der Waals surface area (Å²) in [4.78, 5) is 16.4. The van der Waals surface area contributed by atoms with E-state index in [9.17, 15) is 4.79 Å². The molecule has 116 valence electrons. The predicted octanol–water partition coefficient (Wildman–Crippen LogP) is 2.13. The number of hydrogen-bond acceptors (Lipinski definition) is 5. The lowest BCUT2D eigenvalue weighted by Gasteiger charge is -2.37. The highest BCUT2D eigenvalue weighted by molar-refractivity contribution is 5.86. The van der Waals surface area contributed by atoms with E-state index in [4.69, 9.17) is 4.42 Å². The minimum absolute atomic E-state index is 0.289. The van der Waals surface area contributed by atoms with Crippen LogP contribution in [0.1, 0.15) is 42.0 Å². The van der Waals surface area contributed by atoms with E-state index in [1.54, 1.807) is 6.07 Å². The molecule has 1 aromatic rings. The number of piperazine rings is 1. The number of carbonyl (C=O) groups excluding carboxylic acids is 1. The van der Waals surface area contributed by atoms with Crippen LogP contribution in [-0.4, -0.2) is 55.1 Å². The molecule has 1 saturated heterocycles. The van der Waals surface area contributed by atoms with Crippen LogP contribution in [0.5, 0.6) is 0 Å². The molecule has 1 aliphatic carbocycles. The summed E-state index contributed by atoms with van der Waals surface area (Å²) in [7, 11) is 1.37. The highest BCUT2D eigenvalue weighted by Crippen LogP contribution is 2.24. The molecule has 0 spiro atoms. The Hall–Kier alpha value is -1.33. The standard InChI is InChI=1S/C16H24N2O3/c1-20-16(19)15-7-6-14(21-15)12-17-8-10-18(11-9-17)13-4-2-3-5-13/h6-7,13H,2-5,8-12H2,1H3. The number of carbonyl (C=O) groups is 1. The van der Waals surface area contributed by atoms with Gasteiger partial charge < -0.3 is 9.15 Å². The molecule has 0 aromatic carbocycles. The molecule has 0 atom stereocenters. The van der Waals surface area contributed by atoms with Crippen molar-refractivity contribution in [2.24, 2.45) is 0 Å². The molecule has 0 amide bonds. The minimum atomic E-state index is -0.410. The van der Waals surface area contributed by atoms with E-state index >= 15 is 0 Å². The van der Waals surface area contributed by atoms with Crippen LogP contribution in [0, 0.1) is 0 Å². The number of hydrogen-bond donors (Lipinski definition) is 0. The van der Waals surface area contributed by atoms with Crippen LogP contribution < -0.4 is 0 Å². The molecular formula is C16H24N2O3. The van der Waals surface area contributed by atoms with Crippen molar-refractivity contribution < 1.29 is 13.9 Å². The molecule has 5 heteroatoms. The Labute approximate surface area is 125 Å². The van der Waals surface area contributed by atoms with E-state index in [1.165, 1.54) is 32.8 Å². The summed E-state index contributed by atoms with van der Waals surface area (Å²) in [6, 6.07) is 4.38. The molecule has 0 bridgehead atoms. The molecule has 3 rings (SSSR count). The van der Waals surface area contributed by atoms with Crippen molar-refractivity contribution in [2.45, 2.75) is 38.3 Å². The fourth-order valence-corrected chi connectivity index (χ4v) is 3.45. The summed E-state index contributed by atoms with van der Waals surface area (Å²) < 4.78 is 10.2. The summed E-state index contributed by atoms with van der Waals surface area (Å²) in [5.74, 6) is 0.717. The fourth-order valence-electron chi connectivity index (χ4n) is 3.45. The largest absolute Gasteiger partial charge is 0.463 e. The second-order valence-electron chi connectivity index (χ2n) is 6.01. The average Bonchev–Trinajstić information content (AvgIpc) is 3.18. The molecule has 1 aromatic heterocycles. The van der Waals surface area contributed by atoms with Crippen LogP contribution in [-0.2, 0) is 11.3 Å². The first-order valence-corrected chi connectivity index (χ1v) is 7.89. The maximum Gasteiger partial charge on any atom is 0.373 e. The van der Waals surface area contributed by atoms with Crippen LogP contribution in [0.15, 0.2) is 16.5 Å². The molecule has 0 unspecified atom stereocenters. The summed E-state index contributed by atoms with van der Waals surface area (Å²) in [6.07, 6.45) is 5.54. The van der Waals surface area contributed by atoms with Gasteiger partial charge in [0.25, 0.3) is 0 Å². The van der Waals surface area contributed by atoms with Gasteiger partial charge in [0.15, 0.2) is 0 Å². The van der Waals surface area contributed by atoms with Crippen molar-refractivity contribution >= 4 is 5.97 Å².